The SMILES string of the molecule is CCOC(=O)C(/C=C/C=C/c1ccccc1)P(=O)(OCC)OCC. The molecule has 0 saturated heterocycles. The predicted molar refractivity (Wildman–Crippen MR) is 95.9 cm³/mol. The Bertz CT molecular complexity index is 585. The number of ether oxygens (including phenoxy) is 1. The molecule has 0 aliphatic carbocycles. The van der Waals surface area contributed by atoms with Crippen molar-refractivity contribution in [2.75, 3.05) is 19.8 Å². The zero-order valence-electron chi connectivity index (χ0n) is 14.4. The Morgan fingerprint density at radius 3 is 2.21 bits per heavy atom. The van der Waals surface area contributed by atoms with E-state index in [-0.39, 0.29) is 19.8 Å². The van der Waals surface area contributed by atoms with Crippen molar-refractivity contribution >= 4 is 19.6 Å². The van der Waals surface area contributed by atoms with Gasteiger partial charge < -0.3 is 13.8 Å². The normalized spacial score (nSPS) is 13.5. The maximum absolute atomic E-state index is 12.9. The molecule has 0 radical (unpaired) electrons. The summed E-state index contributed by atoms with van der Waals surface area (Å²) >= 11 is 0. The van der Waals surface area contributed by atoms with Gasteiger partial charge in [0.05, 0.1) is 19.8 Å². The molecule has 1 unspecified atom stereocenters. The van der Waals surface area contributed by atoms with E-state index in [2.05, 4.69) is 0 Å². The first-order chi connectivity index (χ1) is 11.6. The van der Waals surface area contributed by atoms with Crippen molar-refractivity contribution in [1.29, 1.82) is 0 Å². The molecule has 0 aliphatic heterocycles. The zero-order valence-corrected chi connectivity index (χ0v) is 15.3. The molecule has 1 rings (SSSR count). The number of hydrogen-bond donors (Lipinski definition) is 0. The fourth-order valence-corrected chi connectivity index (χ4v) is 3.76. The fraction of sp³-hybridized carbons (Fsp3) is 0.389. The smallest absolute Gasteiger partial charge is 0.348 e. The van der Waals surface area contributed by atoms with Gasteiger partial charge in [-0.15, -0.1) is 0 Å². The third kappa shape index (κ3) is 6.44. The van der Waals surface area contributed by atoms with E-state index in [4.69, 9.17) is 13.8 Å². The van der Waals surface area contributed by atoms with Gasteiger partial charge in [0, 0.05) is 0 Å². The Morgan fingerprint density at radius 1 is 1.04 bits per heavy atom. The van der Waals surface area contributed by atoms with Gasteiger partial charge in [-0.2, -0.15) is 0 Å². The maximum Gasteiger partial charge on any atom is 0.348 e. The van der Waals surface area contributed by atoms with Crippen LogP contribution in [0.3, 0.4) is 0 Å². The summed E-state index contributed by atoms with van der Waals surface area (Å²) in [5.41, 5.74) is -0.0644. The highest BCUT2D eigenvalue weighted by Crippen LogP contribution is 2.54. The molecule has 0 saturated carbocycles. The Labute approximate surface area is 143 Å². The lowest BCUT2D eigenvalue weighted by atomic mass is 10.2. The molecule has 1 aromatic carbocycles. The molecule has 1 atom stereocenters. The van der Waals surface area contributed by atoms with Crippen molar-refractivity contribution < 1.29 is 23.1 Å². The first kappa shape index (κ1) is 20.4. The summed E-state index contributed by atoms with van der Waals surface area (Å²) in [6.07, 6.45) is 6.80. The van der Waals surface area contributed by atoms with Gasteiger partial charge in [-0.05, 0) is 26.3 Å². The maximum atomic E-state index is 12.9. The van der Waals surface area contributed by atoms with Crippen LogP contribution in [0.1, 0.15) is 26.3 Å². The largest absolute Gasteiger partial charge is 0.465 e. The standard InChI is InChI=1S/C18H25O5P/c1-4-21-18(19)17(24(20,22-5-2)23-6-3)15-11-10-14-16-12-8-7-9-13-16/h7-15,17H,4-6H2,1-3H3/b14-10+,15-11+. The van der Waals surface area contributed by atoms with Crippen LogP contribution in [-0.4, -0.2) is 31.4 Å². The quantitative estimate of drug-likeness (QED) is 0.354. The van der Waals surface area contributed by atoms with Crippen LogP contribution in [0.5, 0.6) is 0 Å². The summed E-state index contributed by atoms with van der Waals surface area (Å²) in [6, 6.07) is 9.72. The summed E-state index contributed by atoms with van der Waals surface area (Å²) in [5.74, 6) is -0.618. The van der Waals surface area contributed by atoms with E-state index >= 15 is 0 Å². The lowest BCUT2D eigenvalue weighted by Crippen LogP contribution is -2.24. The summed E-state index contributed by atoms with van der Waals surface area (Å²) in [5, 5.41) is 0. The molecule has 1 aromatic rings. The van der Waals surface area contributed by atoms with Crippen LogP contribution in [-0.2, 0) is 23.1 Å². The van der Waals surface area contributed by atoms with Crippen molar-refractivity contribution in [2.45, 2.75) is 26.4 Å². The highest BCUT2D eigenvalue weighted by molar-refractivity contribution is 7.56. The van der Waals surface area contributed by atoms with Crippen molar-refractivity contribution in [2.24, 2.45) is 0 Å². The van der Waals surface area contributed by atoms with Crippen LogP contribution in [0.2, 0.25) is 0 Å². The monoisotopic (exact) mass is 352 g/mol. The molecule has 0 aliphatic rings. The highest BCUT2D eigenvalue weighted by Gasteiger charge is 2.40. The minimum absolute atomic E-state index is 0.181. The van der Waals surface area contributed by atoms with Crippen LogP contribution in [0.4, 0.5) is 0 Å². The molecule has 0 bridgehead atoms. The third-order valence-electron chi connectivity index (χ3n) is 2.98. The molecule has 0 spiro atoms. The Kier molecular flexibility index (Phi) is 9.31. The summed E-state index contributed by atoms with van der Waals surface area (Å²) < 4.78 is 28.4. The zero-order chi connectivity index (χ0) is 17.8. The van der Waals surface area contributed by atoms with Gasteiger partial charge in [-0.1, -0.05) is 54.6 Å². The number of benzene rings is 1. The second kappa shape index (κ2) is 11.0. The average molecular weight is 352 g/mol. The van der Waals surface area contributed by atoms with Gasteiger partial charge in [-0.25, -0.2) is 0 Å². The lowest BCUT2D eigenvalue weighted by molar-refractivity contribution is -0.142. The minimum Gasteiger partial charge on any atom is -0.465 e. The van der Waals surface area contributed by atoms with Gasteiger partial charge in [0.25, 0.3) is 0 Å². The van der Waals surface area contributed by atoms with Crippen molar-refractivity contribution in [3.63, 3.8) is 0 Å². The van der Waals surface area contributed by atoms with E-state index in [9.17, 15) is 9.36 Å². The summed E-state index contributed by atoms with van der Waals surface area (Å²) in [7, 11) is -3.62. The van der Waals surface area contributed by atoms with Crippen molar-refractivity contribution in [1.82, 2.24) is 0 Å². The molecule has 0 N–H and O–H groups in total. The van der Waals surface area contributed by atoms with Gasteiger partial charge in [0.2, 0.25) is 0 Å². The predicted octanol–water partition coefficient (Wildman–Crippen LogP) is 4.45. The molecular weight excluding hydrogens is 327 g/mol. The van der Waals surface area contributed by atoms with E-state index in [0.717, 1.165) is 5.56 Å². The Balaban J connectivity index is 2.96. The van der Waals surface area contributed by atoms with Gasteiger partial charge in [0.1, 0.15) is 0 Å². The van der Waals surface area contributed by atoms with Crippen LogP contribution < -0.4 is 0 Å². The van der Waals surface area contributed by atoms with E-state index in [1.807, 2.05) is 36.4 Å². The molecule has 0 aromatic heterocycles. The van der Waals surface area contributed by atoms with Gasteiger partial charge >= 0.3 is 13.6 Å². The van der Waals surface area contributed by atoms with E-state index in [1.54, 1.807) is 32.9 Å². The van der Waals surface area contributed by atoms with Crippen molar-refractivity contribution in [3.05, 3.63) is 54.1 Å². The number of allylic oxidation sites excluding steroid dienone is 2. The summed E-state index contributed by atoms with van der Waals surface area (Å²) in [6.45, 7) is 5.66. The topological polar surface area (TPSA) is 61.8 Å². The van der Waals surface area contributed by atoms with Gasteiger partial charge in [-0.3, -0.25) is 9.36 Å². The van der Waals surface area contributed by atoms with Gasteiger partial charge in [0.15, 0.2) is 5.66 Å². The second-order valence-electron chi connectivity index (χ2n) is 4.73. The summed E-state index contributed by atoms with van der Waals surface area (Å²) in [4.78, 5) is 12.2. The molecule has 0 heterocycles. The average Bonchev–Trinajstić information content (AvgIpc) is 2.56. The number of carbonyl (C=O) groups excluding carboxylic acids is 1. The minimum atomic E-state index is -3.62. The molecular formula is C18H25O5P. The molecule has 0 fully saturated rings. The first-order valence-corrected chi connectivity index (χ1v) is 9.63. The highest BCUT2D eigenvalue weighted by atomic mass is 31.2. The number of hydrogen-bond acceptors (Lipinski definition) is 5. The molecule has 0 amide bonds. The first-order valence-electron chi connectivity index (χ1n) is 8.02. The van der Waals surface area contributed by atoms with E-state index in [0.29, 0.717) is 0 Å². The van der Waals surface area contributed by atoms with Crippen LogP contribution in [0.25, 0.3) is 6.08 Å². The number of carbonyl (C=O) groups is 1. The number of rotatable bonds is 10. The van der Waals surface area contributed by atoms with Crippen LogP contribution in [0, 0.1) is 0 Å². The Hall–Kier alpha value is -1.68. The number of esters is 1. The van der Waals surface area contributed by atoms with Crippen LogP contribution in [0.15, 0.2) is 48.6 Å². The Morgan fingerprint density at radius 2 is 1.67 bits per heavy atom. The molecule has 5 nitrogen and oxygen atoms in total. The fourth-order valence-electron chi connectivity index (χ4n) is 2.00. The van der Waals surface area contributed by atoms with Crippen LogP contribution >= 0.6 is 7.60 Å². The lowest BCUT2D eigenvalue weighted by Gasteiger charge is -2.22. The van der Waals surface area contributed by atoms with Crippen molar-refractivity contribution in [3.8, 4) is 0 Å². The second-order valence-corrected chi connectivity index (χ2v) is 6.88. The molecule has 24 heavy (non-hydrogen) atoms. The molecule has 6 heteroatoms. The third-order valence-corrected chi connectivity index (χ3v) is 5.28. The van der Waals surface area contributed by atoms with E-state index < -0.39 is 19.2 Å². The molecule has 132 valence electrons. The van der Waals surface area contributed by atoms with E-state index in [1.165, 1.54) is 6.08 Å².